The fraction of sp³-hybridized carbons (Fsp3) is 0.385. The summed E-state index contributed by atoms with van der Waals surface area (Å²) in [5, 5.41) is 0. The number of benzene rings is 1. The zero-order valence-electron chi connectivity index (χ0n) is 10.3. The molecule has 5 nitrogen and oxygen atoms in total. The standard InChI is InChI=1S/C13H14N2O3S/c16-9-10-5-3-4-8-15(10)13-11-6-1-2-7-12(11)19(17,18)14-13/h1-2,6-7,9-10H,3-5,8H2. The average Bonchev–Trinajstić information content (AvgIpc) is 2.71. The van der Waals surface area contributed by atoms with E-state index in [1.165, 1.54) is 0 Å². The van der Waals surface area contributed by atoms with E-state index in [4.69, 9.17) is 0 Å². The van der Waals surface area contributed by atoms with Crippen LogP contribution in [0.25, 0.3) is 0 Å². The van der Waals surface area contributed by atoms with Crippen LogP contribution in [0.15, 0.2) is 33.6 Å². The van der Waals surface area contributed by atoms with Crippen molar-refractivity contribution in [2.24, 2.45) is 4.40 Å². The lowest BCUT2D eigenvalue weighted by Gasteiger charge is -2.33. The monoisotopic (exact) mass is 278 g/mol. The van der Waals surface area contributed by atoms with E-state index in [0.717, 1.165) is 25.5 Å². The lowest BCUT2D eigenvalue weighted by atomic mass is 10.0. The molecule has 0 aliphatic carbocycles. The van der Waals surface area contributed by atoms with Crippen molar-refractivity contribution in [2.75, 3.05) is 6.54 Å². The predicted octanol–water partition coefficient (Wildman–Crippen LogP) is 1.19. The van der Waals surface area contributed by atoms with Crippen molar-refractivity contribution in [3.05, 3.63) is 29.8 Å². The first-order chi connectivity index (χ1) is 9.13. The maximum atomic E-state index is 12.0. The molecule has 0 amide bonds. The zero-order valence-corrected chi connectivity index (χ0v) is 11.1. The average molecular weight is 278 g/mol. The number of nitrogens with zero attached hydrogens (tertiary/aromatic N) is 2. The smallest absolute Gasteiger partial charge is 0.285 e. The number of hydrogen-bond donors (Lipinski definition) is 0. The van der Waals surface area contributed by atoms with Crippen LogP contribution in [0.4, 0.5) is 0 Å². The quantitative estimate of drug-likeness (QED) is 0.724. The number of amidine groups is 1. The number of carbonyl (C=O) groups excluding carboxylic acids is 1. The highest BCUT2D eigenvalue weighted by atomic mass is 32.2. The first-order valence-corrected chi connectivity index (χ1v) is 7.74. The highest BCUT2D eigenvalue weighted by molar-refractivity contribution is 7.90. The second kappa shape index (κ2) is 4.45. The largest absolute Gasteiger partial charge is 0.346 e. The molecule has 2 heterocycles. The minimum absolute atomic E-state index is 0.236. The van der Waals surface area contributed by atoms with Gasteiger partial charge in [0.05, 0.1) is 6.04 Å². The van der Waals surface area contributed by atoms with Gasteiger partial charge in [-0.1, -0.05) is 12.1 Å². The molecule has 1 unspecified atom stereocenters. The van der Waals surface area contributed by atoms with Crippen LogP contribution in [0.5, 0.6) is 0 Å². The minimum Gasteiger partial charge on any atom is -0.346 e. The van der Waals surface area contributed by atoms with Crippen molar-refractivity contribution in [1.29, 1.82) is 0 Å². The van der Waals surface area contributed by atoms with Crippen LogP contribution < -0.4 is 0 Å². The summed E-state index contributed by atoms with van der Waals surface area (Å²) in [4.78, 5) is 13.2. The summed E-state index contributed by atoms with van der Waals surface area (Å²) in [5.74, 6) is 0.424. The van der Waals surface area contributed by atoms with Crippen LogP contribution in [0.3, 0.4) is 0 Å². The Bertz CT molecular complexity index is 652. The number of piperidine rings is 1. The maximum Gasteiger partial charge on any atom is 0.285 e. The molecule has 3 rings (SSSR count). The van der Waals surface area contributed by atoms with Crippen molar-refractivity contribution in [3.8, 4) is 0 Å². The molecule has 6 heteroatoms. The molecule has 0 N–H and O–H groups in total. The summed E-state index contributed by atoms with van der Waals surface area (Å²) in [6.45, 7) is 0.673. The summed E-state index contributed by atoms with van der Waals surface area (Å²) >= 11 is 0. The van der Waals surface area contributed by atoms with Crippen LogP contribution in [-0.4, -0.2) is 38.0 Å². The van der Waals surface area contributed by atoms with Gasteiger partial charge in [0.15, 0.2) is 5.84 Å². The van der Waals surface area contributed by atoms with E-state index in [1.807, 2.05) is 4.90 Å². The first-order valence-electron chi connectivity index (χ1n) is 6.30. The molecule has 0 spiro atoms. The third-order valence-corrected chi connectivity index (χ3v) is 4.92. The number of carbonyl (C=O) groups is 1. The van der Waals surface area contributed by atoms with Gasteiger partial charge in [-0.2, -0.15) is 8.42 Å². The molecule has 100 valence electrons. The number of rotatable bonds is 1. The van der Waals surface area contributed by atoms with Gasteiger partial charge >= 0.3 is 0 Å². The van der Waals surface area contributed by atoms with E-state index in [9.17, 15) is 13.2 Å². The Kier molecular flexibility index (Phi) is 2.89. The second-order valence-electron chi connectivity index (χ2n) is 4.78. The second-order valence-corrected chi connectivity index (χ2v) is 6.35. The van der Waals surface area contributed by atoms with E-state index >= 15 is 0 Å². The van der Waals surface area contributed by atoms with Gasteiger partial charge < -0.3 is 9.69 Å². The highest BCUT2D eigenvalue weighted by Gasteiger charge is 2.35. The summed E-state index contributed by atoms with van der Waals surface area (Å²) in [5.41, 5.74) is 0.608. The maximum absolute atomic E-state index is 12.0. The molecular weight excluding hydrogens is 264 g/mol. The molecule has 0 bridgehead atoms. The van der Waals surface area contributed by atoms with Crippen LogP contribution >= 0.6 is 0 Å². The van der Waals surface area contributed by atoms with Crippen LogP contribution in [0, 0.1) is 0 Å². The Hall–Kier alpha value is -1.69. The Labute approximate surface area is 112 Å². The third kappa shape index (κ3) is 1.96. The van der Waals surface area contributed by atoms with E-state index in [1.54, 1.807) is 24.3 Å². The van der Waals surface area contributed by atoms with Crippen LogP contribution in [0.2, 0.25) is 0 Å². The third-order valence-electron chi connectivity index (χ3n) is 3.59. The van der Waals surface area contributed by atoms with Gasteiger partial charge in [-0.25, -0.2) is 0 Å². The van der Waals surface area contributed by atoms with Crippen LogP contribution in [-0.2, 0) is 14.8 Å². The van der Waals surface area contributed by atoms with Crippen molar-refractivity contribution >= 4 is 22.1 Å². The molecule has 0 radical (unpaired) electrons. The molecule has 19 heavy (non-hydrogen) atoms. The summed E-state index contributed by atoms with van der Waals surface area (Å²) < 4.78 is 27.9. The fourth-order valence-electron chi connectivity index (χ4n) is 2.66. The molecule has 1 aromatic carbocycles. The Morgan fingerprint density at radius 3 is 2.84 bits per heavy atom. The number of hydrogen-bond acceptors (Lipinski definition) is 4. The topological polar surface area (TPSA) is 66.8 Å². The van der Waals surface area contributed by atoms with Crippen molar-refractivity contribution in [1.82, 2.24) is 4.90 Å². The fourth-order valence-corrected chi connectivity index (χ4v) is 3.87. The SMILES string of the molecule is O=CC1CCCCN1C1=NS(=O)(=O)c2ccccc21. The normalized spacial score (nSPS) is 24.7. The van der Waals surface area contributed by atoms with Crippen LogP contribution in [0.1, 0.15) is 24.8 Å². The van der Waals surface area contributed by atoms with Gasteiger partial charge in [0, 0.05) is 12.1 Å². The lowest BCUT2D eigenvalue weighted by Crippen LogP contribution is -2.44. The molecule has 1 atom stereocenters. The van der Waals surface area contributed by atoms with Crippen molar-refractivity contribution < 1.29 is 13.2 Å². The predicted molar refractivity (Wildman–Crippen MR) is 70.6 cm³/mol. The molecule has 1 fully saturated rings. The molecule has 2 aliphatic rings. The summed E-state index contributed by atoms with van der Waals surface area (Å²) in [7, 11) is -3.61. The van der Waals surface area contributed by atoms with Gasteiger partial charge in [-0.3, -0.25) is 0 Å². The highest BCUT2D eigenvalue weighted by Crippen LogP contribution is 2.30. The molecule has 0 saturated carbocycles. The minimum atomic E-state index is -3.61. The van der Waals surface area contributed by atoms with Gasteiger partial charge in [-0.15, -0.1) is 4.40 Å². The van der Waals surface area contributed by atoms with Crippen molar-refractivity contribution in [2.45, 2.75) is 30.2 Å². The lowest BCUT2D eigenvalue weighted by molar-refractivity contribution is -0.112. The molecule has 0 aromatic heterocycles. The van der Waals surface area contributed by atoms with E-state index < -0.39 is 10.0 Å². The van der Waals surface area contributed by atoms with Gasteiger partial charge in [0.2, 0.25) is 0 Å². The Morgan fingerprint density at radius 2 is 2.05 bits per heavy atom. The Morgan fingerprint density at radius 1 is 1.26 bits per heavy atom. The van der Waals surface area contributed by atoms with Crippen molar-refractivity contribution in [3.63, 3.8) is 0 Å². The van der Waals surface area contributed by atoms with E-state index in [-0.39, 0.29) is 10.9 Å². The number of likely N-dealkylation sites (tertiary alicyclic amines) is 1. The zero-order chi connectivity index (χ0) is 13.5. The molecule has 1 saturated heterocycles. The molecular formula is C13H14N2O3S. The molecule has 2 aliphatic heterocycles. The first kappa shape index (κ1) is 12.3. The van der Waals surface area contributed by atoms with E-state index in [2.05, 4.69) is 4.40 Å². The Balaban J connectivity index is 2.09. The van der Waals surface area contributed by atoms with E-state index in [0.29, 0.717) is 17.9 Å². The number of sulfonamides is 1. The van der Waals surface area contributed by atoms with Gasteiger partial charge in [0.25, 0.3) is 10.0 Å². The number of fused-ring (bicyclic) bond motifs is 1. The summed E-state index contributed by atoms with van der Waals surface area (Å²) in [6, 6.07) is 6.50. The van der Waals surface area contributed by atoms with Gasteiger partial charge in [-0.05, 0) is 31.4 Å². The number of aldehydes is 1. The molecule has 1 aromatic rings. The van der Waals surface area contributed by atoms with Gasteiger partial charge in [0.1, 0.15) is 11.2 Å². The summed E-state index contributed by atoms with van der Waals surface area (Å²) in [6.07, 6.45) is 3.58.